The Kier molecular flexibility index (Phi) is 4.52. The predicted molar refractivity (Wildman–Crippen MR) is 91.6 cm³/mol. The molecule has 0 fully saturated rings. The van der Waals surface area contributed by atoms with E-state index >= 15 is 0 Å². The van der Waals surface area contributed by atoms with Crippen LogP contribution in [-0.2, 0) is 6.54 Å². The maximum atomic E-state index is 5.20. The van der Waals surface area contributed by atoms with Crippen LogP contribution in [0.5, 0.6) is 5.75 Å². The molecular formula is C19H19N3O. The maximum absolute atomic E-state index is 5.20. The van der Waals surface area contributed by atoms with Crippen molar-refractivity contribution in [3.8, 4) is 16.9 Å². The second-order valence-electron chi connectivity index (χ2n) is 5.10. The lowest BCUT2D eigenvalue weighted by atomic mass is 10.1. The van der Waals surface area contributed by atoms with E-state index in [9.17, 15) is 0 Å². The molecule has 3 aromatic rings. The Morgan fingerprint density at radius 3 is 2.39 bits per heavy atom. The number of aryl methyl sites for hydroxylation is 1. The van der Waals surface area contributed by atoms with E-state index in [1.807, 2.05) is 65.4 Å². The highest BCUT2D eigenvalue weighted by atomic mass is 16.5. The second kappa shape index (κ2) is 6.92. The summed E-state index contributed by atoms with van der Waals surface area (Å²) in [6.45, 7) is 2.89. The quantitative estimate of drug-likeness (QED) is 0.735. The van der Waals surface area contributed by atoms with E-state index < -0.39 is 0 Å². The summed E-state index contributed by atoms with van der Waals surface area (Å²) < 4.78 is 7.25. The Labute approximate surface area is 135 Å². The van der Waals surface area contributed by atoms with Crippen molar-refractivity contribution < 1.29 is 4.74 Å². The Bertz CT molecular complexity index is 836. The molecule has 4 heteroatoms. The predicted octanol–water partition coefficient (Wildman–Crippen LogP) is 3.81. The van der Waals surface area contributed by atoms with Crippen molar-refractivity contribution in [3.05, 3.63) is 72.6 Å². The molecule has 116 valence electrons. The van der Waals surface area contributed by atoms with Gasteiger partial charge in [0.25, 0.3) is 0 Å². The molecule has 0 atom stereocenters. The summed E-state index contributed by atoms with van der Waals surface area (Å²) in [6, 6.07) is 17.8. The molecule has 3 rings (SSSR count). The molecule has 0 aliphatic rings. The monoisotopic (exact) mass is 305 g/mol. The van der Waals surface area contributed by atoms with Crippen LogP contribution in [0, 0.1) is 0 Å². The van der Waals surface area contributed by atoms with E-state index in [4.69, 9.17) is 4.74 Å². The van der Waals surface area contributed by atoms with Crippen LogP contribution in [0.2, 0.25) is 0 Å². The molecule has 0 unspecified atom stereocenters. The lowest BCUT2D eigenvalue weighted by Gasteiger charge is -2.08. The molecule has 0 radical (unpaired) electrons. The van der Waals surface area contributed by atoms with Crippen LogP contribution in [0.1, 0.15) is 6.92 Å². The lowest BCUT2D eigenvalue weighted by molar-refractivity contribution is 0.415. The molecule has 0 bridgehead atoms. The molecular weight excluding hydrogens is 286 g/mol. The second-order valence-corrected chi connectivity index (χ2v) is 5.10. The number of aromatic nitrogens is 2. The first kappa shape index (κ1) is 15.0. The maximum Gasteiger partial charge on any atom is 0.229 e. The third-order valence-corrected chi connectivity index (χ3v) is 3.62. The highest BCUT2D eigenvalue weighted by molar-refractivity contribution is 5.62. The summed E-state index contributed by atoms with van der Waals surface area (Å²) in [5.74, 6) is 0.848. The summed E-state index contributed by atoms with van der Waals surface area (Å²) in [4.78, 5) is 9.13. The Morgan fingerprint density at radius 2 is 1.74 bits per heavy atom. The molecule has 4 nitrogen and oxygen atoms in total. The van der Waals surface area contributed by atoms with E-state index in [-0.39, 0.29) is 0 Å². The van der Waals surface area contributed by atoms with Crippen molar-refractivity contribution in [1.82, 2.24) is 9.55 Å². The molecule has 1 aromatic heterocycles. The molecule has 0 spiro atoms. The number of ether oxygens (including phenoxy) is 1. The largest absolute Gasteiger partial charge is 0.497 e. The minimum atomic E-state index is 0.705. The molecule has 23 heavy (non-hydrogen) atoms. The average molecular weight is 305 g/mol. The summed E-state index contributed by atoms with van der Waals surface area (Å²) >= 11 is 0. The van der Waals surface area contributed by atoms with Crippen LogP contribution >= 0.6 is 0 Å². The minimum absolute atomic E-state index is 0.705. The molecule has 0 aliphatic carbocycles. The first-order valence-electron chi connectivity index (χ1n) is 7.61. The first-order valence-corrected chi connectivity index (χ1v) is 7.61. The number of para-hydroxylation sites is 1. The zero-order valence-corrected chi connectivity index (χ0v) is 13.3. The minimum Gasteiger partial charge on any atom is -0.497 e. The SMILES string of the molecule is CCn1cc(-c2ccc(OC)cc2)cn/c1=N/c1ccccc1. The molecule has 1 heterocycles. The zero-order valence-electron chi connectivity index (χ0n) is 13.3. The van der Waals surface area contributed by atoms with Gasteiger partial charge in [0.05, 0.1) is 12.8 Å². The van der Waals surface area contributed by atoms with Crippen LogP contribution in [-0.4, -0.2) is 16.7 Å². The number of hydrogen-bond acceptors (Lipinski definition) is 3. The van der Waals surface area contributed by atoms with Gasteiger partial charge in [0.1, 0.15) is 5.75 Å². The number of benzene rings is 2. The normalized spacial score (nSPS) is 11.5. The fourth-order valence-corrected chi connectivity index (χ4v) is 2.34. The van der Waals surface area contributed by atoms with E-state index in [1.54, 1.807) is 7.11 Å². The highest BCUT2D eigenvalue weighted by Crippen LogP contribution is 2.20. The summed E-state index contributed by atoms with van der Waals surface area (Å²) in [5, 5.41) is 0. The number of hydrogen-bond donors (Lipinski definition) is 0. The Hall–Kier alpha value is -2.88. The fourth-order valence-electron chi connectivity index (χ4n) is 2.34. The van der Waals surface area contributed by atoms with Gasteiger partial charge in [0.15, 0.2) is 0 Å². The van der Waals surface area contributed by atoms with Crippen molar-refractivity contribution in [2.75, 3.05) is 7.11 Å². The van der Waals surface area contributed by atoms with Gasteiger partial charge < -0.3 is 9.30 Å². The van der Waals surface area contributed by atoms with E-state index in [1.165, 1.54) is 0 Å². The van der Waals surface area contributed by atoms with Crippen molar-refractivity contribution in [2.24, 2.45) is 4.99 Å². The molecule has 0 saturated heterocycles. The summed E-state index contributed by atoms with van der Waals surface area (Å²) in [5.41, 5.74) is 3.77. The van der Waals surface area contributed by atoms with Gasteiger partial charge in [0, 0.05) is 24.5 Å². The van der Waals surface area contributed by atoms with Gasteiger partial charge in [-0.1, -0.05) is 30.3 Å². The number of nitrogens with zero attached hydrogens (tertiary/aromatic N) is 3. The molecule has 0 N–H and O–H groups in total. The number of rotatable bonds is 4. The topological polar surface area (TPSA) is 39.4 Å². The summed E-state index contributed by atoms with van der Waals surface area (Å²) in [6.07, 6.45) is 3.94. The van der Waals surface area contributed by atoms with Crippen molar-refractivity contribution >= 4 is 5.69 Å². The van der Waals surface area contributed by atoms with Gasteiger partial charge in [-0.2, -0.15) is 0 Å². The third-order valence-electron chi connectivity index (χ3n) is 3.62. The smallest absolute Gasteiger partial charge is 0.229 e. The van der Waals surface area contributed by atoms with Gasteiger partial charge in [-0.15, -0.1) is 0 Å². The Morgan fingerprint density at radius 1 is 1.00 bits per heavy atom. The molecule has 0 saturated carbocycles. The third kappa shape index (κ3) is 3.48. The van der Waals surface area contributed by atoms with Crippen LogP contribution in [0.15, 0.2) is 72.0 Å². The van der Waals surface area contributed by atoms with Gasteiger partial charge in [0.2, 0.25) is 5.62 Å². The standard InChI is InChI=1S/C19H19N3O/c1-3-22-14-16(15-9-11-18(23-2)12-10-15)13-20-19(22)21-17-7-5-4-6-8-17/h4-14H,3H2,1-2H3/b21-19-. The fraction of sp³-hybridized carbons (Fsp3) is 0.158. The van der Waals surface area contributed by atoms with Crippen LogP contribution in [0.3, 0.4) is 0 Å². The van der Waals surface area contributed by atoms with E-state index in [2.05, 4.69) is 23.1 Å². The Balaban J connectivity index is 2.01. The number of methoxy groups -OCH3 is 1. The lowest BCUT2D eigenvalue weighted by Crippen LogP contribution is -2.22. The van der Waals surface area contributed by atoms with Crippen molar-refractivity contribution in [3.63, 3.8) is 0 Å². The molecule has 0 aliphatic heterocycles. The highest BCUT2D eigenvalue weighted by Gasteiger charge is 2.02. The van der Waals surface area contributed by atoms with Crippen LogP contribution in [0.25, 0.3) is 11.1 Å². The molecule has 0 amide bonds. The van der Waals surface area contributed by atoms with E-state index in [0.717, 1.165) is 29.1 Å². The van der Waals surface area contributed by atoms with Crippen molar-refractivity contribution in [1.29, 1.82) is 0 Å². The van der Waals surface area contributed by atoms with Crippen LogP contribution < -0.4 is 10.4 Å². The average Bonchev–Trinajstić information content (AvgIpc) is 2.63. The summed E-state index contributed by atoms with van der Waals surface area (Å²) in [7, 11) is 1.67. The van der Waals surface area contributed by atoms with E-state index in [0.29, 0.717) is 5.62 Å². The van der Waals surface area contributed by atoms with Gasteiger partial charge in [-0.3, -0.25) is 0 Å². The van der Waals surface area contributed by atoms with Crippen molar-refractivity contribution in [2.45, 2.75) is 13.5 Å². The van der Waals surface area contributed by atoms with Crippen LogP contribution in [0.4, 0.5) is 5.69 Å². The zero-order chi connectivity index (χ0) is 16.1. The van der Waals surface area contributed by atoms with Gasteiger partial charge in [-0.05, 0) is 36.8 Å². The molecule has 2 aromatic carbocycles. The first-order chi connectivity index (χ1) is 11.3. The van der Waals surface area contributed by atoms with Gasteiger partial charge >= 0.3 is 0 Å². The van der Waals surface area contributed by atoms with Gasteiger partial charge in [-0.25, -0.2) is 9.98 Å².